The van der Waals surface area contributed by atoms with E-state index < -0.39 is 5.60 Å². The number of likely N-dealkylation sites (tertiary alicyclic amines) is 1. The molecule has 1 atom stereocenters. The van der Waals surface area contributed by atoms with E-state index in [4.69, 9.17) is 4.74 Å². The maximum absolute atomic E-state index is 12.3. The number of carbonyl (C=O) groups is 2. The molecule has 0 aromatic heterocycles. The Morgan fingerprint density at radius 2 is 1.72 bits per heavy atom. The van der Waals surface area contributed by atoms with E-state index in [0.29, 0.717) is 6.54 Å². The summed E-state index contributed by atoms with van der Waals surface area (Å²) in [5.41, 5.74) is -0.492. The second-order valence-corrected chi connectivity index (χ2v) is 6.36. The van der Waals surface area contributed by atoms with Gasteiger partial charge in [0.25, 0.3) is 0 Å². The fourth-order valence-corrected chi connectivity index (χ4v) is 2.70. The largest absolute Gasteiger partial charge is 0.444 e. The third-order valence-electron chi connectivity index (χ3n) is 3.73. The van der Waals surface area contributed by atoms with Crippen LogP contribution in [-0.4, -0.2) is 35.0 Å². The van der Waals surface area contributed by atoms with Crippen molar-refractivity contribution in [3.63, 3.8) is 0 Å². The monoisotopic (exact) mass is 253 g/mol. The molecule has 2 fully saturated rings. The van der Waals surface area contributed by atoms with Crippen LogP contribution < -0.4 is 0 Å². The molecule has 4 heteroatoms. The summed E-state index contributed by atoms with van der Waals surface area (Å²) in [5.74, 6) is 0.435. The fourth-order valence-electron chi connectivity index (χ4n) is 2.70. The molecule has 1 heterocycles. The summed E-state index contributed by atoms with van der Waals surface area (Å²) in [5, 5.41) is 0. The van der Waals surface area contributed by atoms with Crippen molar-refractivity contribution in [1.29, 1.82) is 0 Å². The minimum absolute atomic E-state index is 0.181. The molecule has 1 saturated carbocycles. The number of rotatable bonds is 2. The van der Waals surface area contributed by atoms with E-state index in [9.17, 15) is 9.59 Å². The zero-order valence-electron chi connectivity index (χ0n) is 11.6. The minimum atomic E-state index is -0.492. The second-order valence-electron chi connectivity index (χ2n) is 6.36. The van der Waals surface area contributed by atoms with Crippen LogP contribution in [0.1, 0.15) is 52.9 Å². The van der Waals surface area contributed by atoms with Crippen molar-refractivity contribution < 1.29 is 14.3 Å². The smallest absolute Gasteiger partial charge is 0.410 e. The van der Waals surface area contributed by atoms with Gasteiger partial charge in [-0.3, -0.25) is 9.69 Å². The van der Waals surface area contributed by atoms with Crippen molar-refractivity contribution in [3.05, 3.63) is 0 Å². The first-order valence-electron chi connectivity index (χ1n) is 6.92. The average Bonchev–Trinajstić information content (AvgIpc) is 2.64. The van der Waals surface area contributed by atoms with Crippen LogP contribution in [0.2, 0.25) is 0 Å². The quantitative estimate of drug-likeness (QED) is 0.760. The molecule has 0 spiro atoms. The summed E-state index contributed by atoms with van der Waals surface area (Å²) in [6, 6.07) is -0.219. The van der Waals surface area contributed by atoms with Gasteiger partial charge in [-0.15, -0.1) is 0 Å². The zero-order chi connectivity index (χ0) is 13.3. The molecule has 1 aliphatic heterocycles. The first-order valence-corrected chi connectivity index (χ1v) is 6.92. The van der Waals surface area contributed by atoms with Gasteiger partial charge in [-0.25, -0.2) is 4.79 Å². The Kier molecular flexibility index (Phi) is 3.64. The summed E-state index contributed by atoms with van der Waals surface area (Å²) >= 11 is 0. The topological polar surface area (TPSA) is 46.6 Å². The van der Waals surface area contributed by atoms with Gasteiger partial charge in [0, 0.05) is 12.5 Å². The van der Waals surface area contributed by atoms with E-state index in [1.165, 1.54) is 0 Å². The van der Waals surface area contributed by atoms with Gasteiger partial charge in [0.1, 0.15) is 5.60 Å². The van der Waals surface area contributed by atoms with E-state index in [2.05, 4.69) is 0 Å². The Morgan fingerprint density at radius 3 is 2.17 bits per heavy atom. The van der Waals surface area contributed by atoms with Gasteiger partial charge < -0.3 is 4.74 Å². The van der Waals surface area contributed by atoms with Gasteiger partial charge in [0.15, 0.2) is 5.78 Å². The number of amides is 1. The first kappa shape index (κ1) is 13.4. The van der Waals surface area contributed by atoms with E-state index in [1.807, 2.05) is 20.8 Å². The van der Waals surface area contributed by atoms with Crippen LogP contribution in [0.15, 0.2) is 0 Å². The Balaban J connectivity index is 1.91. The fraction of sp³-hybridized carbons (Fsp3) is 0.857. The SMILES string of the molecule is CC(C)(C)OC(=O)N1CCC1C(=O)C1CCCC1. The van der Waals surface area contributed by atoms with Crippen LogP contribution in [0.25, 0.3) is 0 Å². The highest BCUT2D eigenvalue weighted by Gasteiger charge is 2.42. The number of nitrogens with zero attached hydrogens (tertiary/aromatic N) is 1. The molecule has 1 saturated heterocycles. The van der Waals surface area contributed by atoms with Crippen molar-refractivity contribution >= 4 is 11.9 Å². The molecule has 102 valence electrons. The number of ether oxygens (including phenoxy) is 1. The molecular weight excluding hydrogens is 230 g/mol. The number of carbonyl (C=O) groups excluding carboxylic acids is 2. The summed E-state index contributed by atoms with van der Waals surface area (Å²) in [4.78, 5) is 25.8. The molecule has 4 nitrogen and oxygen atoms in total. The van der Waals surface area contributed by atoms with Crippen molar-refractivity contribution in [1.82, 2.24) is 4.90 Å². The lowest BCUT2D eigenvalue weighted by Gasteiger charge is -2.41. The lowest BCUT2D eigenvalue weighted by molar-refractivity contribution is -0.132. The van der Waals surface area contributed by atoms with Crippen molar-refractivity contribution in [2.45, 2.75) is 64.5 Å². The van der Waals surface area contributed by atoms with E-state index >= 15 is 0 Å². The van der Waals surface area contributed by atoms with Crippen LogP contribution in [0.4, 0.5) is 4.79 Å². The minimum Gasteiger partial charge on any atom is -0.444 e. The Morgan fingerprint density at radius 1 is 1.11 bits per heavy atom. The van der Waals surface area contributed by atoms with Gasteiger partial charge in [0.05, 0.1) is 6.04 Å². The van der Waals surface area contributed by atoms with Gasteiger partial charge in [-0.1, -0.05) is 12.8 Å². The van der Waals surface area contributed by atoms with Crippen LogP contribution in [0, 0.1) is 5.92 Å². The van der Waals surface area contributed by atoms with Gasteiger partial charge in [-0.05, 0) is 40.0 Å². The summed E-state index contributed by atoms with van der Waals surface area (Å²) in [6.45, 7) is 6.19. The molecule has 0 radical (unpaired) electrons. The molecule has 2 rings (SSSR count). The highest BCUT2D eigenvalue weighted by Crippen LogP contribution is 2.31. The highest BCUT2D eigenvalue weighted by molar-refractivity contribution is 5.90. The second kappa shape index (κ2) is 4.90. The van der Waals surface area contributed by atoms with E-state index in [1.54, 1.807) is 4.90 Å². The predicted octanol–water partition coefficient (Wildman–Crippen LogP) is 2.76. The summed E-state index contributed by atoms with van der Waals surface area (Å²) < 4.78 is 5.32. The normalized spacial score (nSPS) is 24.8. The molecule has 1 amide bonds. The maximum atomic E-state index is 12.3. The average molecular weight is 253 g/mol. The third-order valence-corrected chi connectivity index (χ3v) is 3.73. The van der Waals surface area contributed by atoms with Crippen molar-refractivity contribution in [2.24, 2.45) is 5.92 Å². The van der Waals surface area contributed by atoms with Crippen molar-refractivity contribution in [3.8, 4) is 0 Å². The third kappa shape index (κ3) is 2.85. The maximum Gasteiger partial charge on any atom is 0.410 e. The van der Waals surface area contributed by atoms with Crippen LogP contribution in [0.5, 0.6) is 0 Å². The molecule has 0 aromatic carbocycles. The summed E-state index contributed by atoms with van der Waals surface area (Å²) in [7, 11) is 0. The molecule has 0 N–H and O–H groups in total. The van der Waals surface area contributed by atoms with Gasteiger partial charge in [0.2, 0.25) is 0 Å². The molecule has 0 aromatic rings. The molecule has 0 bridgehead atoms. The predicted molar refractivity (Wildman–Crippen MR) is 68.3 cm³/mol. The number of ketones is 1. The highest BCUT2D eigenvalue weighted by atomic mass is 16.6. The summed E-state index contributed by atoms with van der Waals surface area (Å²) in [6.07, 6.45) is 4.75. The Labute approximate surface area is 109 Å². The standard InChI is InChI=1S/C14H23NO3/c1-14(2,3)18-13(17)15-9-8-11(15)12(16)10-6-4-5-7-10/h10-11H,4-9H2,1-3H3. The zero-order valence-corrected chi connectivity index (χ0v) is 11.6. The van der Waals surface area contributed by atoms with Crippen LogP contribution in [0.3, 0.4) is 0 Å². The van der Waals surface area contributed by atoms with Crippen LogP contribution in [-0.2, 0) is 9.53 Å². The lowest BCUT2D eigenvalue weighted by Crippen LogP contribution is -2.57. The van der Waals surface area contributed by atoms with Crippen LogP contribution >= 0.6 is 0 Å². The van der Waals surface area contributed by atoms with E-state index in [-0.39, 0.29) is 23.8 Å². The Hall–Kier alpha value is -1.06. The number of hydrogen-bond donors (Lipinski definition) is 0. The lowest BCUT2D eigenvalue weighted by atomic mass is 9.89. The van der Waals surface area contributed by atoms with E-state index in [0.717, 1.165) is 32.1 Å². The van der Waals surface area contributed by atoms with Crippen molar-refractivity contribution in [2.75, 3.05) is 6.54 Å². The molecule has 18 heavy (non-hydrogen) atoms. The van der Waals surface area contributed by atoms with Gasteiger partial charge in [-0.2, -0.15) is 0 Å². The Bertz CT molecular complexity index is 339. The number of Topliss-reactive ketones (excluding diaryl/α,β-unsaturated/α-hetero) is 1. The van der Waals surface area contributed by atoms with Gasteiger partial charge >= 0.3 is 6.09 Å². The number of hydrogen-bond acceptors (Lipinski definition) is 3. The molecular formula is C14H23NO3. The molecule has 1 unspecified atom stereocenters. The molecule has 1 aliphatic carbocycles. The molecule has 2 aliphatic rings. The first-order chi connectivity index (χ1) is 8.38.